The van der Waals surface area contributed by atoms with Gasteiger partial charge in [-0.15, -0.1) is 0 Å². The Morgan fingerprint density at radius 1 is 1.00 bits per heavy atom. The largest absolute Gasteiger partial charge is 0.493 e. The van der Waals surface area contributed by atoms with Crippen molar-refractivity contribution in [3.8, 4) is 11.4 Å². The van der Waals surface area contributed by atoms with Crippen molar-refractivity contribution in [1.82, 2.24) is 4.57 Å². The van der Waals surface area contributed by atoms with Crippen LogP contribution in [0.2, 0.25) is 0 Å². The lowest BCUT2D eigenvalue weighted by molar-refractivity contribution is 0.356. The summed E-state index contributed by atoms with van der Waals surface area (Å²) in [5.41, 5.74) is 2.35. The average Bonchev–Trinajstić information content (AvgIpc) is 3.25. The number of benzene rings is 2. The first-order valence-corrected chi connectivity index (χ1v) is 9.12. The minimum atomic E-state index is -3.64. The third kappa shape index (κ3) is 2.76. The molecular formula is C18H16N2O3S. The molecule has 122 valence electrons. The van der Waals surface area contributed by atoms with Crippen LogP contribution in [0.4, 0.5) is 5.69 Å². The number of anilines is 1. The highest BCUT2D eigenvalue weighted by Gasteiger charge is 2.19. The fraction of sp³-hybridized carbons (Fsp3) is 0.111. The third-order valence-electron chi connectivity index (χ3n) is 3.97. The van der Waals surface area contributed by atoms with Crippen LogP contribution >= 0.6 is 0 Å². The van der Waals surface area contributed by atoms with Gasteiger partial charge in [0.15, 0.2) is 0 Å². The van der Waals surface area contributed by atoms with Gasteiger partial charge in [0.25, 0.3) is 10.0 Å². The molecule has 2 heterocycles. The van der Waals surface area contributed by atoms with Gasteiger partial charge in [-0.05, 0) is 54.1 Å². The molecule has 0 atom stereocenters. The third-order valence-corrected chi connectivity index (χ3v) is 5.35. The molecule has 1 N–H and O–H groups in total. The maximum Gasteiger partial charge on any atom is 0.261 e. The van der Waals surface area contributed by atoms with Gasteiger partial charge in [-0.3, -0.25) is 4.72 Å². The second kappa shape index (κ2) is 5.72. The van der Waals surface area contributed by atoms with E-state index >= 15 is 0 Å². The zero-order valence-electron chi connectivity index (χ0n) is 12.8. The summed E-state index contributed by atoms with van der Waals surface area (Å²) >= 11 is 0. The Kier molecular flexibility index (Phi) is 3.54. The Hall–Kier alpha value is -2.73. The molecule has 24 heavy (non-hydrogen) atoms. The lowest BCUT2D eigenvalue weighted by atomic mass is 10.2. The molecule has 5 nitrogen and oxygen atoms in total. The quantitative estimate of drug-likeness (QED) is 0.793. The summed E-state index contributed by atoms with van der Waals surface area (Å²) in [6.07, 6.45) is 4.56. The molecule has 3 aromatic rings. The highest BCUT2D eigenvalue weighted by atomic mass is 32.2. The summed E-state index contributed by atoms with van der Waals surface area (Å²) in [6, 6.07) is 16.1. The van der Waals surface area contributed by atoms with Crippen molar-refractivity contribution in [3.05, 3.63) is 72.6 Å². The minimum absolute atomic E-state index is 0.248. The van der Waals surface area contributed by atoms with E-state index in [0.717, 1.165) is 23.4 Å². The van der Waals surface area contributed by atoms with Crippen LogP contribution in [0.15, 0.2) is 71.9 Å². The van der Waals surface area contributed by atoms with Gasteiger partial charge < -0.3 is 9.30 Å². The molecule has 0 saturated heterocycles. The highest BCUT2D eigenvalue weighted by Crippen LogP contribution is 2.28. The van der Waals surface area contributed by atoms with Gasteiger partial charge in [-0.2, -0.15) is 0 Å². The molecule has 0 radical (unpaired) electrons. The lowest BCUT2D eigenvalue weighted by Gasteiger charge is -2.11. The topological polar surface area (TPSA) is 60.3 Å². The first kappa shape index (κ1) is 14.8. The predicted molar refractivity (Wildman–Crippen MR) is 92.2 cm³/mol. The normalized spacial score (nSPS) is 13.3. The van der Waals surface area contributed by atoms with E-state index in [0.29, 0.717) is 12.3 Å². The van der Waals surface area contributed by atoms with E-state index in [1.807, 2.05) is 41.2 Å². The number of aromatic nitrogens is 1. The molecular weight excluding hydrogens is 324 g/mol. The molecule has 0 unspecified atom stereocenters. The van der Waals surface area contributed by atoms with Crippen LogP contribution in [0.5, 0.6) is 5.75 Å². The number of hydrogen-bond donors (Lipinski definition) is 1. The predicted octanol–water partition coefficient (Wildman–Crippen LogP) is 3.21. The summed E-state index contributed by atoms with van der Waals surface area (Å²) in [7, 11) is -3.64. The molecule has 6 heteroatoms. The fourth-order valence-electron chi connectivity index (χ4n) is 2.78. The molecule has 0 fully saturated rings. The Morgan fingerprint density at radius 3 is 2.67 bits per heavy atom. The van der Waals surface area contributed by atoms with E-state index in [-0.39, 0.29) is 4.90 Å². The zero-order chi connectivity index (χ0) is 16.6. The number of nitrogens with one attached hydrogen (secondary N) is 1. The van der Waals surface area contributed by atoms with Crippen molar-refractivity contribution >= 4 is 15.7 Å². The van der Waals surface area contributed by atoms with E-state index in [9.17, 15) is 8.42 Å². The SMILES string of the molecule is O=S(=O)(Nc1cccc(-n2cccc2)c1)c1ccc2c(c1)CCO2. The number of ether oxygens (including phenoxy) is 1. The van der Waals surface area contributed by atoms with Crippen LogP contribution in [0, 0.1) is 0 Å². The van der Waals surface area contributed by atoms with Crippen LogP contribution in [0.25, 0.3) is 5.69 Å². The van der Waals surface area contributed by atoms with Crippen LogP contribution in [0.1, 0.15) is 5.56 Å². The Morgan fingerprint density at radius 2 is 1.83 bits per heavy atom. The van der Waals surface area contributed by atoms with Crippen LogP contribution in [-0.4, -0.2) is 19.6 Å². The van der Waals surface area contributed by atoms with Crippen molar-refractivity contribution in [1.29, 1.82) is 0 Å². The van der Waals surface area contributed by atoms with Crippen LogP contribution in [0.3, 0.4) is 0 Å². The van der Waals surface area contributed by atoms with E-state index in [1.165, 1.54) is 0 Å². The van der Waals surface area contributed by atoms with E-state index in [1.54, 1.807) is 30.3 Å². The highest BCUT2D eigenvalue weighted by molar-refractivity contribution is 7.92. The molecule has 0 amide bonds. The molecule has 4 rings (SSSR count). The van der Waals surface area contributed by atoms with Gasteiger partial charge in [0.2, 0.25) is 0 Å². The second-order valence-corrected chi connectivity index (χ2v) is 7.30. The van der Waals surface area contributed by atoms with Crippen molar-refractivity contribution in [2.45, 2.75) is 11.3 Å². The monoisotopic (exact) mass is 340 g/mol. The van der Waals surface area contributed by atoms with Gasteiger partial charge >= 0.3 is 0 Å². The van der Waals surface area contributed by atoms with E-state index < -0.39 is 10.0 Å². The molecule has 0 spiro atoms. The second-order valence-electron chi connectivity index (χ2n) is 5.61. The summed E-state index contributed by atoms with van der Waals surface area (Å²) in [5, 5.41) is 0. The standard InChI is InChI=1S/C18H16N2O3S/c21-24(22,17-6-7-18-14(12-17)8-11-23-18)19-15-4-3-5-16(13-15)20-9-1-2-10-20/h1-7,9-10,12-13,19H,8,11H2. The van der Waals surface area contributed by atoms with Crippen LogP contribution in [-0.2, 0) is 16.4 Å². The summed E-state index contributed by atoms with van der Waals surface area (Å²) in [6.45, 7) is 0.602. The molecule has 1 aliphatic heterocycles. The van der Waals surface area contributed by atoms with Crippen molar-refractivity contribution in [2.75, 3.05) is 11.3 Å². The van der Waals surface area contributed by atoms with E-state index in [2.05, 4.69) is 4.72 Å². The van der Waals surface area contributed by atoms with Crippen molar-refractivity contribution in [3.63, 3.8) is 0 Å². The lowest BCUT2D eigenvalue weighted by Crippen LogP contribution is -2.13. The van der Waals surface area contributed by atoms with Gasteiger partial charge in [-0.25, -0.2) is 8.42 Å². The molecule has 1 aromatic heterocycles. The minimum Gasteiger partial charge on any atom is -0.493 e. The number of fused-ring (bicyclic) bond motifs is 1. The Bertz CT molecular complexity index is 979. The Balaban J connectivity index is 1.63. The van der Waals surface area contributed by atoms with Gasteiger partial charge in [-0.1, -0.05) is 6.07 Å². The number of rotatable bonds is 4. The summed E-state index contributed by atoms with van der Waals surface area (Å²) < 4.78 is 35.3. The van der Waals surface area contributed by atoms with Crippen LogP contribution < -0.4 is 9.46 Å². The number of sulfonamides is 1. The smallest absolute Gasteiger partial charge is 0.261 e. The maximum atomic E-state index is 12.6. The summed E-state index contributed by atoms with van der Waals surface area (Å²) in [4.78, 5) is 0.248. The fourth-order valence-corrected chi connectivity index (χ4v) is 3.88. The zero-order valence-corrected chi connectivity index (χ0v) is 13.7. The first-order valence-electron chi connectivity index (χ1n) is 7.64. The molecule has 0 saturated carbocycles. The van der Waals surface area contributed by atoms with Gasteiger partial charge in [0, 0.05) is 24.5 Å². The van der Waals surface area contributed by atoms with Crippen molar-refractivity contribution < 1.29 is 13.2 Å². The Labute approximate surface area is 140 Å². The number of hydrogen-bond acceptors (Lipinski definition) is 3. The summed E-state index contributed by atoms with van der Waals surface area (Å²) in [5.74, 6) is 0.767. The maximum absolute atomic E-state index is 12.6. The molecule has 0 aliphatic carbocycles. The molecule has 1 aliphatic rings. The van der Waals surface area contributed by atoms with Gasteiger partial charge in [0.1, 0.15) is 5.75 Å². The molecule has 2 aromatic carbocycles. The first-order chi connectivity index (χ1) is 11.6. The molecule has 0 bridgehead atoms. The average molecular weight is 340 g/mol. The van der Waals surface area contributed by atoms with Crippen molar-refractivity contribution in [2.24, 2.45) is 0 Å². The van der Waals surface area contributed by atoms with E-state index in [4.69, 9.17) is 4.74 Å². The van der Waals surface area contributed by atoms with Gasteiger partial charge in [0.05, 0.1) is 17.2 Å². The number of nitrogens with zero attached hydrogens (tertiary/aromatic N) is 1.